The van der Waals surface area contributed by atoms with Crippen LogP contribution in [0.2, 0.25) is 0 Å². The molecule has 0 bridgehead atoms. The second-order valence-corrected chi connectivity index (χ2v) is 4.61. The molecule has 0 spiro atoms. The maximum absolute atomic E-state index is 9.88. The molecule has 0 fully saturated rings. The fourth-order valence-corrected chi connectivity index (χ4v) is 1.97. The number of phenolic OH excluding ortho intramolecular Hbond substituents is 1. The van der Waals surface area contributed by atoms with Crippen molar-refractivity contribution in [3.05, 3.63) is 28.8 Å². The molecule has 0 atom stereocenters. The predicted octanol–water partition coefficient (Wildman–Crippen LogP) is 4.39. The van der Waals surface area contributed by atoms with Crippen LogP contribution < -0.4 is 0 Å². The minimum absolute atomic E-state index is 0.472. The van der Waals surface area contributed by atoms with Gasteiger partial charge in [-0.3, -0.25) is 0 Å². The van der Waals surface area contributed by atoms with Gasteiger partial charge in [0, 0.05) is 0 Å². The number of hydrogen-bond donors (Lipinski definition) is 1. The quantitative estimate of drug-likeness (QED) is 0.754. The van der Waals surface area contributed by atoms with Gasteiger partial charge in [-0.25, -0.2) is 0 Å². The number of benzene rings is 1. The van der Waals surface area contributed by atoms with Crippen LogP contribution in [0.5, 0.6) is 5.75 Å². The summed E-state index contributed by atoms with van der Waals surface area (Å²) in [6, 6.07) is 4.21. The first-order chi connectivity index (χ1) is 7.69. The van der Waals surface area contributed by atoms with Crippen molar-refractivity contribution in [1.29, 1.82) is 0 Å². The van der Waals surface area contributed by atoms with Crippen LogP contribution in [0.15, 0.2) is 12.1 Å². The molecular formula is C15H24O. The van der Waals surface area contributed by atoms with Gasteiger partial charge >= 0.3 is 0 Å². The Balaban J connectivity index is 2.83. The van der Waals surface area contributed by atoms with Gasteiger partial charge < -0.3 is 5.11 Å². The highest BCUT2D eigenvalue weighted by atomic mass is 16.3. The minimum atomic E-state index is 0.472. The summed E-state index contributed by atoms with van der Waals surface area (Å²) in [7, 11) is 0. The van der Waals surface area contributed by atoms with Crippen LogP contribution in [0.25, 0.3) is 0 Å². The molecule has 16 heavy (non-hydrogen) atoms. The molecule has 1 N–H and O–H groups in total. The maximum atomic E-state index is 9.88. The second-order valence-electron chi connectivity index (χ2n) is 4.61. The molecule has 0 aliphatic rings. The van der Waals surface area contributed by atoms with Crippen molar-refractivity contribution in [3.63, 3.8) is 0 Å². The molecule has 1 rings (SSSR count). The van der Waals surface area contributed by atoms with Gasteiger partial charge in [-0.1, -0.05) is 32.8 Å². The summed E-state index contributed by atoms with van der Waals surface area (Å²) in [4.78, 5) is 0. The average Bonchev–Trinajstić information content (AvgIpc) is 2.28. The number of rotatable bonds is 6. The Kier molecular flexibility index (Phi) is 5.37. The SMILES string of the molecule is CCCCc1cc(O)c(C)c(CCCC)c1. The highest BCUT2D eigenvalue weighted by molar-refractivity contribution is 5.42. The van der Waals surface area contributed by atoms with Crippen LogP contribution in [0.4, 0.5) is 0 Å². The summed E-state index contributed by atoms with van der Waals surface area (Å²) >= 11 is 0. The zero-order valence-electron chi connectivity index (χ0n) is 10.8. The summed E-state index contributed by atoms with van der Waals surface area (Å²) in [5.74, 6) is 0.472. The van der Waals surface area contributed by atoms with E-state index in [9.17, 15) is 5.11 Å². The van der Waals surface area contributed by atoms with E-state index >= 15 is 0 Å². The fourth-order valence-electron chi connectivity index (χ4n) is 1.97. The summed E-state index contributed by atoms with van der Waals surface area (Å²) in [6.45, 7) is 6.42. The standard InChI is InChI=1S/C15H24O/c1-4-6-8-13-10-14(9-7-5-2)12(3)15(16)11-13/h10-11,16H,4-9H2,1-3H3. The smallest absolute Gasteiger partial charge is 0.119 e. The summed E-state index contributed by atoms with van der Waals surface area (Å²) in [6.07, 6.45) is 7.00. The fraction of sp³-hybridized carbons (Fsp3) is 0.600. The van der Waals surface area contributed by atoms with Crippen molar-refractivity contribution in [2.24, 2.45) is 0 Å². The first-order valence-electron chi connectivity index (χ1n) is 6.50. The molecule has 1 heteroatoms. The lowest BCUT2D eigenvalue weighted by molar-refractivity contribution is 0.469. The lowest BCUT2D eigenvalue weighted by Gasteiger charge is -2.10. The molecule has 1 aromatic carbocycles. The molecule has 1 aromatic rings. The molecule has 0 radical (unpaired) electrons. The van der Waals surface area contributed by atoms with E-state index < -0.39 is 0 Å². The molecule has 0 heterocycles. The number of phenols is 1. The van der Waals surface area contributed by atoms with E-state index in [1.165, 1.54) is 36.8 Å². The Morgan fingerprint density at radius 3 is 2.25 bits per heavy atom. The van der Waals surface area contributed by atoms with E-state index in [-0.39, 0.29) is 0 Å². The lowest BCUT2D eigenvalue weighted by atomic mass is 9.97. The first-order valence-corrected chi connectivity index (χ1v) is 6.50. The van der Waals surface area contributed by atoms with Gasteiger partial charge in [0.25, 0.3) is 0 Å². The van der Waals surface area contributed by atoms with Crippen LogP contribution in [-0.4, -0.2) is 5.11 Å². The Labute approximate surface area is 99.5 Å². The zero-order chi connectivity index (χ0) is 12.0. The molecule has 0 aliphatic carbocycles. The van der Waals surface area contributed by atoms with Crippen LogP contribution in [0, 0.1) is 6.92 Å². The van der Waals surface area contributed by atoms with Crippen LogP contribution in [0.3, 0.4) is 0 Å². The summed E-state index contributed by atoms with van der Waals surface area (Å²) < 4.78 is 0. The maximum Gasteiger partial charge on any atom is 0.119 e. The van der Waals surface area contributed by atoms with Gasteiger partial charge in [-0.15, -0.1) is 0 Å². The Bertz CT molecular complexity index is 328. The third kappa shape index (κ3) is 3.55. The molecule has 0 saturated carbocycles. The van der Waals surface area contributed by atoms with Crippen molar-refractivity contribution in [3.8, 4) is 5.75 Å². The lowest BCUT2D eigenvalue weighted by Crippen LogP contribution is -1.94. The highest BCUT2D eigenvalue weighted by Gasteiger charge is 2.06. The van der Waals surface area contributed by atoms with E-state index in [2.05, 4.69) is 19.9 Å². The number of unbranched alkanes of at least 4 members (excludes halogenated alkanes) is 2. The van der Waals surface area contributed by atoms with Crippen LogP contribution in [0.1, 0.15) is 56.2 Å². The van der Waals surface area contributed by atoms with Crippen molar-refractivity contribution < 1.29 is 5.11 Å². The van der Waals surface area contributed by atoms with Crippen molar-refractivity contribution >= 4 is 0 Å². The number of hydrogen-bond acceptors (Lipinski definition) is 1. The molecular weight excluding hydrogens is 196 g/mol. The van der Waals surface area contributed by atoms with Gasteiger partial charge in [0.2, 0.25) is 0 Å². The normalized spacial score (nSPS) is 10.7. The Morgan fingerprint density at radius 2 is 1.62 bits per heavy atom. The number of aryl methyl sites for hydroxylation is 2. The molecule has 0 aliphatic heterocycles. The molecule has 0 unspecified atom stereocenters. The summed E-state index contributed by atoms with van der Waals surface area (Å²) in [5.41, 5.74) is 3.68. The van der Waals surface area contributed by atoms with Crippen molar-refractivity contribution in [2.45, 2.75) is 59.3 Å². The van der Waals surface area contributed by atoms with E-state index in [1.807, 2.05) is 13.0 Å². The molecule has 1 nitrogen and oxygen atoms in total. The largest absolute Gasteiger partial charge is 0.508 e. The van der Waals surface area contributed by atoms with Gasteiger partial charge in [-0.2, -0.15) is 0 Å². The van der Waals surface area contributed by atoms with E-state index in [0.717, 1.165) is 18.4 Å². The van der Waals surface area contributed by atoms with E-state index in [0.29, 0.717) is 5.75 Å². The molecule has 0 saturated heterocycles. The summed E-state index contributed by atoms with van der Waals surface area (Å²) in [5, 5.41) is 9.88. The molecule has 90 valence electrons. The van der Waals surface area contributed by atoms with E-state index in [4.69, 9.17) is 0 Å². The highest BCUT2D eigenvalue weighted by Crippen LogP contribution is 2.25. The van der Waals surface area contributed by atoms with Gasteiger partial charge in [0.15, 0.2) is 0 Å². The van der Waals surface area contributed by atoms with Crippen LogP contribution >= 0.6 is 0 Å². The van der Waals surface area contributed by atoms with Gasteiger partial charge in [-0.05, 0) is 55.4 Å². The predicted molar refractivity (Wildman–Crippen MR) is 70.1 cm³/mol. The van der Waals surface area contributed by atoms with Crippen molar-refractivity contribution in [2.75, 3.05) is 0 Å². The minimum Gasteiger partial charge on any atom is -0.508 e. The van der Waals surface area contributed by atoms with Crippen LogP contribution in [-0.2, 0) is 12.8 Å². The zero-order valence-corrected chi connectivity index (χ0v) is 10.8. The van der Waals surface area contributed by atoms with Gasteiger partial charge in [0.05, 0.1) is 0 Å². The second kappa shape index (κ2) is 6.57. The molecule has 0 amide bonds. The Morgan fingerprint density at radius 1 is 1.00 bits per heavy atom. The Hall–Kier alpha value is -0.980. The monoisotopic (exact) mass is 220 g/mol. The van der Waals surface area contributed by atoms with Gasteiger partial charge in [0.1, 0.15) is 5.75 Å². The van der Waals surface area contributed by atoms with Crippen molar-refractivity contribution in [1.82, 2.24) is 0 Å². The number of aromatic hydroxyl groups is 1. The average molecular weight is 220 g/mol. The molecule has 0 aromatic heterocycles. The third-order valence-corrected chi connectivity index (χ3v) is 3.17. The first kappa shape index (κ1) is 13.1. The third-order valence-electron chi connectivity index (χ3n) is 3.17. The topological polar surface area (TPSA) is 20.2 Å². The van der Waals surface area contributed by atoms with E-state index in [1.54, 1.807) is 0 Å².